The Labute approximate surface area is 113 Å². The third kappa shape index (κ3) is 3.20. The maximum absolute atomic E-state index is 13.4. The third-order valence-corrected chi connectivity index (χ3v) is 2.68. The molecule has 0 radical (unpaired) electrons. The van der Waals surface area contributed by atoms with Crippen molar-refractivity contribution in [1.82, 2.24) is 4.98 Å². The van der Waals surface area contributed by atoms with Gasteiger partial charge in [-0.05, 0) is 36.8 Å². The number of aromatic nitrogens is 1. The van der Waals surface area contributed by atoms with Crippen LogP contribution < -0.4 is 5.32 Å². The van der Waals surface area contributed by atoms with Gasteiger partial charge in [-0.25, -0.2) is 14.2 Å². The highest BCUT2D eigenvalue weighted by molar-refractivity contribution is 6.29. The van der Waals surface area contributed by atoms with Gasteiger partial charge in [0.1, 0.15) is 16.8 Å². The molecule has 0 aliphatic rings. The van der Waals surface area contributed by atoms with Crippen LogP contribution >= 0.6 is 11.6 Å². The van der Waals surface area contributed by atoms with Crippen LogP contribution in [0.25, 0.3) is 0 Å². The Balaban J connectivity index is 2.32. The van der Waals surface area contributed by atoms with Gasteiger partial charge < -0.3 is 10.4 Å². The highest BCUT2D eigenvalue weighted by Crippen LogP contribution is 2.20. The van der Waals surface area contributed by atoms with Gasteiger partial charge in [-0.2, -0.15) is 0 Å². The predicted molar refractivity (Wildman–Crippen MR) is 70.6 cm³/mol. The molecule has 2 N–H and O–H groups in total. The van der Waals surface area contributed by atoms with Crippen molar-refractivity contribution in [1.29, 1.82) is 0 Å². The van der Waals surface area contributed by atoms with Crippen LogP contribution in [0.1, 0.15) is 15.9 Å². The molecule has 2 rings (SSSR count). The minimum Gasteiger partial charge on any atom is -0.478 e. The van der Waals surface area contributed by atoms with Crippen LogP contribution in [0.5, 0.6) is 0 Å². The number of nitrogens with one attached hydrogen (secondary N) is 1. The molecule has 1 aromatic heterocycles. The summed E-state index contributed by atoms with van der Waals surface area (Å²) in [6, 6.07) is 7.15. The first kappa shape index (κ1) is 13.3. The van der Waals surface area contributed by atoms with E-state index in [1.165, 1.54) is 18.2 Å². The molecule has 0 aliphatic heterocycles. The molecule has 0 amide bonds. The lowest BCUT2D eigenvalue weighted by molar-refractivity contribution is 0.0697. The molecule has 1 aromatic carbocycles. The summed E-state index contributed by atoms with van der Waals surface area (Å²) < 4.78 is 13.4. The van der Waals surface area contributed by atoms with E-state index < -0.39 is 5.97 Å². The van der Waals surface area contributed by atoms with E-state index in [-0.39, 0.29) is 22.4 Å². The zero-order valence-corrected chi connectivity index (χ0v) is 10.7. The Hall–Kier alpha value is -2.14. The number of halogens is 2. The molecular weight excluding hydrogens is 271 g/mol. The maximum atomic E-state index is 13.4. The second-order valence-corrected chi connectivity index (χ2v) is 4.35. The molecule has 19 heavy (non-hydrogen) atoms. The molecular formula is C13H10ClFN2O2. The number of benzene rings is 1. The van der Waals surface area contributed by atoms with Gasteiger partial charge in [0.05, 0.1) is 5.56 Å². The van der Waals surface area contributed by atoms with Gasteiger partial charge in [0.15, 0.2) is 0 Å². The molecule has 0 atom stereocenters. The minimum absolute atomic E-state index is 0.00934. The molecule has 0 unspecified atom stereocenters. The number of hydrogen-bond acceptors (Lipinski definition) is 3. The first-order chi connectivity index (χ1) is 8.95. The molecule has 0 saturated carbocycles. The molecule has 1 heterocycles. The van der Waals surface area contributed by atoms with E-state index in [1.807, 2.05) is 0 Å². The van der Waals surface area contributed by atoms with Crippen molar-refractivity contribution >= 4 is 29.1 Å². The quantitative estimate of drug-likeness (QED) is 0.843. The lowest BCUT2D eigenvalue weighted by atomic mass is 10.2. The van der Waals surface area contributed by atoms with E-state index in [2.05, 4.69) is 10.3 Å². The van der Waals surface area contributed by atoms with Crippen molar-refractivity contribution in [3.05, 3.63) is 52.4 Å². The smallest absolute Gasteiger partial charge is 0.335 e. The lowest BCUT2D eigenvalue weighted by Crippen LogP contribution is -2.01. The van der Waals surface area contributed by atoms with E-state index in [0.29, 0.717) is 11.3 Å². The zero-order chi connectivity index (χ0) is 14.0. The van der Waals surface area contributed by atoms with E-state index in [9.17, 15) is 9.18 Å². The molecule has 0 saturated heterocycles. The van der Waals surface area contributed by atoms with Gasteiger partial charge in [-0.3, -0.25) is 0 Å². The van der Waals surface area contributed by atoms with E-state index in [1.54, 1.807) is 19.1 Å². The summed E-state index contributed by atoms with van der Waals surface area (Å²) in [4.78, 5) is 14.8. The number of pyridine rings is 1. The SMILES string of the molecule is Cc1ccc(Nc2cc(C(=O)O)cc(Cl)n2)cc1F. The average molecular weight is 281 g/mol. The second-order valence-electron chi connectivity index (χ2n) is 3.96. The second kappa shape index (κ2) is 5.24. The number of anilines is 2. The highest BCUT2D eigenvalue weighted by atomic mass is 35.5. The highest BCUT2D eigenvalue weighted by Gasteiger charge is 2.08. The normalized spacial score (nSPS) is 10.3. The molecule has 2 aromatic rings. The van der Waals surface area contributed by atoms with Crippen LogP contribution in [0, 0.1) is 12.7 Å². The zero-order valence-electron chi connectivity index (χ0n) is 9.95. The topological polar surface area (TPSA) is 62.2 Å². The lowest BCUT2D eigenvalue weighted by Gasteiger charge is -2.08. The molecule has 4 nitrogen and oxygen atoms in total. The maximum Gasteiger partial charge on any atom is 0.335 e. The van der Waals surface area contributed by atoms with Gasteiger partial charge >= 0.3 is 5.97 Å². The van der Waals surface area contributed by atoms with Crippen LogP contribution in [0.4, 0.5) is 15.9 Å². The fourth-order valence-corrected chi connectivity index (χ4v) is 1.71. The van der Waals surface area contributed by atoms with Crippen molar-refractivity contribution in [3.8, 4) is 0 Å². The number of aryl methyl sites for hydroxylation is 1. The predicted octanol–water partition coefficient (Wildman–Crippen LogP) is 3.62. The van der Waals surface area contributed by atoms with Gasteiger partial charge in [-0.1, -0.05) is 17.7 Å². The Morgan fingerprint density at radius 2 is 2.11 bits per heavy atom. The Morgan fingerprint density at radius 1 is 1.37 bits per heavy atom. The third-order valence-electron chi connectivity index (χ3n) is 2.49. The molecule has 98 valence electrons. The van der Waals surface area contributed by atoms with E-state index >= 15 is 0 Å². The van der Waals surface area contributed by atoms with Gasteiger partial charge in [-0.15, -0.1) is 0 Å². The van der Waals surface area contributed by atoms with Crippen LogP contribution in [0.3, 0.4) is 0 Å². The van der Waals surface area contributed by atoms with Crippen molar-refractivity contribution < 1.29 is 14.3 Å². The van der Waals surface area contributed by atoms with Crippen molar-refractivity contribution in [2.75, 3.05) is 5.32 Å². The molecule has 0 bridgehead atoms. The molecule has 6 heteroatoms. The van der Waals surface area contributed by atoms with Gasteiger partial charge in [0, 0.05) is 5.69 Å². The summed E-state index contributed by atoms with van der Waals surface area (Å²) in [6.45, 7) is 1.65. The summed E-state index contributed by atoms with van der Waals surface area (Å²) in [5.74, 6) is -1.22. The fraction of sp³-hybridized carbons (Fsp3) is 0.0769. The van der Waals surface area contributed by atoms with Crippen molar-refractivity contribution in [2.45, 2.75) is 6.92 Å². The van der Waals surface area contributed by atoms with Crippen LogP contribution in [0.2, 0.25) is 5.15 Å². The van der Waals surface area contributed by atoms with E-state index in [4.69, 9.17) is 16.7 Å². The number of nitrogens with zero attached hydrogens (tertiary/aromatic N) is 1. The van der Waals surface area contributed by atoms with Crippen LogP contribution in [-0.4, -0.2) is 16.1 Å². The molecule has 0 spiro atoms. The molecule has 0 fully saturated rings. The number of hydrogen-bond donors (Lipinski definition) is 2. The number of carboxylic acids is 1. The summed E-state index contributed by atoms with van der Waals surface area (Å²) >= 11 is 5.73. The van der Waals surface area contributed by atoms with Crippen molar-refractivity contribution in [2.24, 2.45) is 0 Å². The van der Waals surface area contributed by atoms with Crippen LogP contribution in [0.15, 0.2) is 30.3 Å². The van der Waals surface area contributed by atoms with Gasteiger partial charge in [0.25, 0.3) is 0 Å². The monoisotopic (exact) mass is 280 g/mol. The number of rotatable bonds is 3. The first-order valence-electron chi connectivity index (χ1n) is 5.40. The standard InChI is InChI=1S/C13H10ClFN2O2/c1-7-2-3-9(6-10(7)15)16-12-5-8(13(18)19)4-11(14)17-12/h2-6H,1H3,(H,16,17)(H,18,19). The molecule has 0 aliphatic carbocycles. The van der Waals surface area contributed by atoms with Gasteiger partial charge in [0.2, 0.25) is 0 Å². The Morgan fingerprint density at radius 3 is 2.74 bits per heavy atom. The largest absolute Gasteiger partial charge is 0.478 e. The summed E-state index contributed by atoms with van der Waals surface area (Å²) in [6.07, 6.45) is 0. The number of aromatic carboxylic acids is 1. The summed E-state index contributed by atoms with van der Waals surface area (Å²) in [5, 5.41) is 11.8. The number of carboxylic acid groups (broad SMARTS) is 1. The van der Waals surface area contributed by atoms with Crippen molar-refractivity contribution in [3.63, 3.8) is 0 Å². The Kier molecular flexibility index (Phi) is 3.66. The fourth-order valence-electron chi connectivity index (χ4n) is 1.50. The minimum atomic E-state index is -1.11. The average Bonchev–Trinajstić information content (AvgIpc) is 2.33. The van der Waals surface area contributed by atoms with Crippen LogP contribution in [-0.2, 0) is 0 Å². The Bertz CT molecular complexity index is 647. The van der Waals surface area contributed by atoms with E-state index in [0.717, 1.165) is 0 Å². The summed E-state index contributed by atoms with van der Waals surface area (Å²) in [5.41, 5.74) is 1.00. The number of carbonyl (C=O) groups is 1. The first-order valence-corrected chi connectivity index (χ1v) is 5.77. The summed E-state index contributed by atoms with van der Waals surface area (Å²) in [7, 11) is 0.